The van der Waals surface area contributed by atoms with Crippen molar-refractivity contribution < 1.29 is 9.18 Å². The molecule has 1 N–H and O–H groups in total. The Morgan fingerprint density at radius 2 is 2.04 bits per heavy atom. The predicted octanol–water partition coefficient (Wildman–Crippen LogP) is 3.09. The molecule has 0 bridgehead atoms. The zero-order chi connectivity index (χ0) is 18.1. The van der Waals surface area contributed by atoms with Gasteiger partial charge in [-0.3, -0.25) is 4.79 Å². The summed E-state index contributed by atoms with van der Waals surface area (Å²) in [6.07, 6.45) is 1.98. The zero-order valence-corrected chi connectivity index (χ0v) is 15.2. The van der Waals surface area contributed by atoms with E-state index in [4.69, 9.17) is 0 Å². The standard InChI is InChI=1S/C17H18FN5OS/c1-9-5-6-13(18)14(7-9)20-15(24)8-12-10(2)19-16-21-17(25-4)22-23(16)11(12)3/h5-7H,8H2,1-4H3,(H,20,24). The summed E-state index contributed by atoms with van der Waals surface area (Å²) in [5.41, 5.74) is 3.33. The monoisotopic (exact) mass is 359 g/mol. The van der Waals surface area contributed by atoms with Crippen LogP contribution in [0, 0.1) is 26.6 Å². The van der Waals surface area contributed by atoms with Crippen molar-refractivity contribution in [3.8, 4) is 0 Å². The fraction of sp³-hybridized carbons (Fsp3) is 0.294. The van der Waals surface area contributed by atoms with Gasteiger partial charge in [0.2, 0.25) is 11.1 Å². The lowest BCUT2D eigenvalue weighted by Crippen LogP contribution is -2.18. The van der Waals surface area contributed by atoms with Crippen LogP contribution in [0.25, 0.3) is 5.78 Å². The molecule has 0 fully saturated rings. The van der Waals surface area contributed by atoms with E-state index in [0.29, 0.717) is 16.6 Å². The average molecular weight is 359 g/mol. The number of hydrogen-bond donors (Lipinski definition) is 1. The molecular formula is C17H18FN5OS. The van der Waals surface area contributed by atoms with Crippen molar-refractivity contribution in [3.05, 3.63) is 46.5 Å². The minimum absolute atomic E-state index is 0.0858. The Balaban J connectivity index is 1.89. The molecule has 1 aromatic carbocycles. The van der Waals surface area contributed by atoms with Gasteiger partial charge in [0.15, 0.2) is 0 Å². The Hall–Kier alpha value is -2.48. The van der Waals surface area contributed by atoms with Crippen LogP contribution >= 0.6 is 11.8 Å². The second-order valence-electron chi connectivity index (χ2n) is 5.78. The molecule has 3 rings (SSSR count). The maximum Gasteiger partial charge on any atom is 0.253 e. The van der Waals surface area contributed by atoms with Gasteiger partial charge in [-0.15, -0.1) is 5.10 Å². The van der Waals surface area contributed by atoms with Crippen LogP contribution in [0.2, 0.25) is 0 Å². The van der Waals surface area contributed by atoms with E-state index in [1.54, 1.807) is 16.6 Å². The number of anilines is 1. The van der Waals surface area contributed by atoms with Gasteiger partial charge in [-0.1, -0.05) is 17.8 Å². The lowest BCUT2D eigenvalue weighted by molar-refractivity contribution is -0.115. The van der Waals surface area contributed by atoms with Gasteiger partial charge in [0.05, 0.1) is 12.1 Å². The Labute approximate surface area is 148 Å². The second kappa shape index (κ2) is 6.79. The first-order chi connectivity index (χ1) is 11.9. The number of hydrogen-bond acceptors (Lipinski definition) is 5. The Morgan fingerprint density at radius 1 is 1.28 bits per heavy atom. The molecule has 1 amide bonds. The number of carbonyl (C=O) groups excluding carboxylic acids is 1. The number of fused-ring (bicyclic) bond motifs is 1. The number of rotatable bonds is 4. The molecule has 0 atom stereocenters. The summed E-state index contributed by atoms with van der Waals surface area (Å²) in [6.45, 7) is 5.54. The summed E-state index contributed by atoms with van der Waals surface area (Å²) in [6, 6.07) is 4.61. The molecule has 130 valence electrons. The fourth-order valence-electron chi connectivity index (χ4n) is 2.62. The number of aryl methyl sites for hydroxylation is 3. The summed E-state index contributed by atoms with van der Waals surface area (Å²) in [7, 11) is 0. The third-order valence-electron chi connectivity index (χ3n) is 3.95. The van der Waals surface area contributed by atoms with Crippen LogP contribution in [0.4, 0.5) is 10.1 Å². The highest BCUT2D eigenvalue weighted by atomic mass is 32.2. The van der Waals surface area contributed by atoms with Gasteiger partial charge in [0.1, 0.15) is 5.82 Å². The Bertz CT molecular complexity index is 969. The van der Waals surface area contributed by atoms with Gasteiger partial charge < -0.3 is 5.32 Å². The Morgan fingerprint density at radius 3 is 2.76 bits per heavy atom. The van der Waals surface area contributed by atoms with Crippen molar-refractivity contribution in [2.24, 2.45) is 0 Å². The molecule has 25 heavy (non-hydrogen) atoms. The summed E-state index contributed by atoms with van der Waals surface area (Å²) in [5, 5.41) is 7.61. The molecular weight excluding hydrogens is 341 g/mol. The van der Waals surface area contributed by atoms with Gasteiger partial charge in [0.25, 0.3) is 5.78 Å². The van der Waals surface area contributed by atoms with E-state index in [1.807, 2.05) is 27.0 Å². The first kappa shape index (κ1) is 17.3. The van der Waals surface area contributed by atoms with Crippen LogP contribution in [0.3, 0.4) is 0 Å². The molecule has 0 saturated carbocycles. The number of thioether (sulfide) groups is 1. The SMILES string of the molecule is CSc1nc2nc(C)c(CC(=O)Nc3cc(C)ccc3F)c(C)n2n1. The average Bonchev–Trinajstić information content (AvgIpc) is 2.98. The first-order valence-electron chi connectivity index (χ1n) is 7.72. The third kappa shape index (κ3) is 3.48. The highest BCUT2D eigenvalue weighted by Gasteiger charge is 2.16. The molecule has 3 aromatic rings. The van der Waals surface area contributed by atoms with Crippen LogP contribution in [0.15, 0.2) is 23.4 Å². The molecule has 0 spiro atoms. The summed E-state index contributed by atoms with van der Waals surface area (Å²) in [4.78, 5) is 21.1. The molecule has 0 aliphatic carbocycles. The van der Waals surface area contributed by atoms with Crippen molar-refractivity contribution in [2.75, 3.05) is 11.6 Å². The van der Waals surface area contributed by atoms with Gasteiger partial charge in [-0.25, -0.2) is 13.9 Å². The normalized spacial score (nSPS) is 11.1. The summed E-state index contributed by atoms with van der Waals surface area (Å²) >= 11 is 1.43. The van der Waals surface area contributed by atoms with Crippen molar-refractivity contribution in [2.45, 2.75) is 32.3 Å². The number of halogens is 1. The first-order valence-corrected chi connectivity index (χ1v) is 8.94. The number of nitrogens with zero attached hydrogens (tertiary/aromatic N) is 4. The third-order valence-corrected chi connectivity index (χ3v) is 4.48. The fourth-order valence-corrected chi connectivity index (χ4v) is 2.96. The van der Waals surface area contributed by atoms with Crippen molar-refractivity contribution >= 4 is 29.1 Å². The van der Waals surface area contributed by atoms with Crippen LogP contribution in [-0.2, 0) is 11.2 Å². The maximum atomic E-state index is 13.8. The molecule has 0 radical (unpaired) electrons. The summed E-state index contributed by atoms with van der Waals surface area (Å²) in [5.74, 6) is -0.253. The summed E-state index contributed by atoms with van der Waals surface area (Å²) < 4.78 is 15.5. The molecule has 0 aliphatic heterocycles. The predicted molar refractivity (Wildman–Crippen MR) is 95.5 cm³/mol. The van der Waals surface area contributed by atoms with Gasteiger partial charge in [-0.2, -0.15) is 4.98 Å². The van der Waals surface area contributed by atoms with Crippen LogP contribution in [0.5, 0.6) is 0 Å². The molecule has 8 heteroatoms. The van der Waals surface area contributed by atoms with Crippen LogP contribution < -0.4 is 5.32 Å². The van der Waals surface area contributed by atoms with Gasteiger partial charge in [0, 0.05) is 17.0 Å². The van der Waals surface area contributed by atoms with E-state index in [0.717, 1.165) is 16.8 Å². The van der Waals surface area contributed by atoms with E-state index in [2.05, 4.69) is 20.4 Å². The lowest BCUT2D eigenvalue weighted by Gasteiger charge is -2.11. The van der Waals surface area contributed by atoms with Crippen molar-refractivity contribution in [3.63, 3.8) is 0 Å². The lowest BCUT2D eigenvalue weighted by atomic mass is 10.1. The highest BCUT2D eigenvalue weighted by molar-refractivity contribution is 7.98. The van der Waals surface area contributed by atoms with Gasteiger partial charge in [-0.05, 0) is 44.7 Å². The van der Waals surface area contributed by atoms with Crippen LogP contribution in [0.1, 0.15) is 22.5 Å². The smallest absolute Gasteiger partial charge is 0.253 e. The minimum Gasteiger partial charge on any atom is -0.323 e. The quantitative estimate of drug-likeness (QED) is 0.725. The number of nitrogens with one attached hydrogen (secondary N) is 1. The number of aromatic nitrogens is 4. The molecule has 0 aliphatic rings. The van der Waals surface area contributed by atoms with E-state index < -0.39 is 5.82 Å². The van der Waals surface area contributed by atoms with E-state index in [1.165, 1.54) is 17.8 Å². The number of amides is 1. The molecule has 0 saturated heterocycles. The molecule has 2 aromatic heterocycles. The minimum atomic E-state index is -0.457. The van der Waals surface area contributed by atoms with E-state index >= 15 is 0 Å². The zero-order valence-electron chi connectivity index (χ0n) is 14.4. The van der Waals surface area contributed by atoms with Crippen molar-refractivity contribution in [1.29, 1.82) is 0 Å². The van der Waals surface area contributed by atoms with E-state index in [-0.39, 0.29) is 18.0 Å². The molecule has 2 heterocycles. The molecule has 6 nitrogen and oxygen atoms in total. The number of benzene rings is 1. The topological polar surface area (TPSA) is 72.2 Å². The van der Waals surface area contributed by atoms with Gasteiger partial charge >= 0.3 is 0 Å². The van der Waals surface area contributed by atoms with Crippen LogP contribution in [-0.4, -0.2) is 31.7 Å². The number of carbonyl (C=O) groups is 1. The van der Waals surface area contributed by atoms with E-state index in [9.17, 15) is 9.18 Å². The highest BCUT2D eigenvalue weighted by Crippen LogP contribution is 2.19. The Kier molecular flexibility index (Phi) is 4.71. The second-order valence-corrected chi connectivity index (χ2v) is 6.55. The maximum absolute atomic E-state index is 13.8. The molecule has 0 unspecified atom stereocenters. The van der Waals surface area contributed by atoms with Crippen molar-refractivity contribution in [1.82, 2.24) is 19.6 Å². The largest absolute Gasteiger partial charge is 0.323 e.